The highest BCUT2D eigenvalue weighted by molar-refractivity contribution is 5.76. The number of allylic oxidation sites excluding steroid dienone is 12. The molecule has 12 N–H and O–H groups in total. The fourth-order valence-corrected chi connectivity index (χ4v) is 15.7. The molecule has 17 atom stereocenters. The topological polar surface area (TPSA) is 307 Å². The molecule has 3 heterocycles. The zero-order valence-electron chi connectivity index (χ0n) is 71.4. The van der Waals surface area contributed by atoms with Crippen molar-refractivity contribution in [2.75, 3.05) is 26.4 Å². The fraction of sp³-hybridized carbons (Fsp3) is 0.862. The SMILES string of the molecule is CC/C=C\C/C=C\C/C=C\C/C=C\C/C=C\C/C=C\CCCCCCCCCCCCCCCCCCCCCCC(=O)NC(COC1OC(CO)C(OC2OC(CO)C(OC3OC(CO)C(O)C(O)C3O)C(O)C2O)C(O)C1O)C(O)CCCCCCCCCCCCCCCCCCCCCCCCCCCCCCC. The van der Waals surface area contributed by atoms with Gasteiger partial charge in [-0.1, -0.05) is 389 Å². The van der Waals surface area contributed by atoms with E-state index in [0.29, 0.717) is 12.8 Å². The molecule has 19 heteroatoms. The van der Waals surface area contributed by atoms with Crippen molar-refractivity contribution in [3.05, 3.63) is 72.9 Å². The number of hydrogen-bond donors (Lipinski definition) is 12. The molecule has 3 fully saturated rings. The molecule has 19 nitrogen and oxygen atoms in total. The van der Waals surface area contributed by atoms with Crippen molar-refractivity contribution in [2.24, 2.45) is 0 Å². The monoisotopic (exact) mass is 1600 g/mol. The Labute approximate surface area is 687 Å². The smallest absolute Gasteiger partial charge is 0.220 e. The van der Waals surface area contributed by atoms with Gasteiger partial charge in [0.25, 0.3) is 0 Å². The Balaban J connectivity index is 1.30. The standard InChI is InChI=1S/C94H171NO18/c1-3-5-7-9-11-13-15-17-19-21-23-25-27-29-31-33-34-35-36-37-38-39-40-41-42-44-46-48-50-52-54-56-58-60-62-64-66-68-70-72-82(100)95-77(78(99)71-69-67-65-63-61-59-57-55-53-51-49-47-45-43-32-30-28-26-24-22-20-18-16-14-12-10-8-6-4-2)76-108-92-88(106)85(103)90(80(74-97)110-92)113-94-89(107)86(104)91(81(75-98)111-94)112-93-87(105)84(102)83(101)79(73-96)109-93/h5,7,11,13,17,19,23,25,29,31,34-35,77-81,83-94,96-99,101-107H,3-4,6,8-10,12,14-16,18,20-22,24,26-28,30,32-33,36-76H2,1-2H3,(H,95,100)/b7-5-,13-11-,19-17-,25-23-,31-29-,35-34-. The largest absolute Gasteiger partial charge is 0.394 e. The van der Waals surface area contributed by atoms with Crippen LogP contribution in [0.3, 0.4) is 0 Å². The van der Waals surface area contributed by atoms with Crippen molar-refractivity contribution in [1.29, 1.82) is 0 Å². The molecule has 0 aromatic rings. The highest BCUT2D eigenvalue weighted by atomic mass is 16.8. The van der Waals surface area contributed by atoms with Gasteiger partial charge in [0.15, 0.2) is 18.9 Å². The number of aliphatic hydroxyl groups excluding tert-OH is 11. The summed E-state index contributed by atoms with van der Waals surface area (Å²) in [4.78, 5) is 13.6. The molecule has 113 heavy (non-hydrogen) atoms. The fourth-order valence-electron chi connectivity index (χ4n) is 15.7. The maximum Gasteiger partial charge on any atom is 0.220 e. The van der Waals surface area contributed by atoms with Gasteiger partial charge in [-0.05, 0) is 64.2 Å². The third-order valence-corrected chi connectivity index (χ3v) is 23.0. The second kappa shape index (κ2) is 73.2. The minimum Gasteiger partial charge on any atom is -0.394 e. The van der Waals surface area contributed by atoms with Crippen LogP contribution in [0.1, 0.15) is 386 Å². The van der Waals surface area contributed by atoms with E-state index in [1.165, 1.54) is 270 Å². The van der Waals surface area contributed by atoms with Crippen molar-refractivity contribution >= 4 is 5.91 Å². The van der Waals surface area contributed by atoms with E-state index in [-0.39, 0.29) is 18.9 Å². The van der Waals surface area contributed by atoms with Crippen LogP contribution in [0, 0.1) is 0 Å². The Hall–Kier alpha value is -2.77. The van der Waals surface area contributed by atoms with Gasteiger partial charge in [-0.15, -0.1) is 0 Å². The number of nitrogens with one attached hydrogen (secondary N) is 1. The molecule has 1 amide bonds. The second-order valence-electron chi connectivity index (χ2n) is 33.1. The van der Waals surface area contributed by atoms with Crippen LogP contribution in [0.2, 0.25) is 0 Å². The van der Waals surface area contributed by atoms with Crippen LogP contribution in [0.4, 0.5) is 0 Å². The molecule has 660 valence electrons. The average molecular weight is 1600 g/mol. The maximum atomic E-state index is 13.6. The molecular weight excluding hydrogens is 1430 g/mol. The van der Waals surface area contributed by atoms with Crippen molar-refractivity contribution in [2.45, 2.75) is 491 Å². The molecule has 0 aliphatic carbocycles. The van der Waals surface area contributed by atoms with Crippen LogP contribution in [0.5, 0.6) is 0 Å². The van der Waals surface area contributed by atoms with Crippen LogP contribution in [-0.2, 0) is 33.2 Å². The van der Waals surface area contributed by atoms with Gasteiger partial charge in [-0.3, -0.25) is 4.79 Å². The van der Waals surface area contributed by atoms with Gasteiger partial charge in [0.2, 0.25) is 5.91 Å². The number of aliphatic hydroxyl groups is 11. The van der Waals surface area contributed by atoms with Gasteiger partial charge in [0, 0.05) is 6.42 Å². The molecule has 3 saturated heterocycles. The summed E-state index contributed by atoms with van der Waals surface area (Å²) in [6, 6.07) is -0.890. The third-order valence-electron chi connectivity index (χ3n) is 23.0. The predicted molar refractivity (Wildman–Crippen MR) is 457 cm³/mol. The minimum absolute atomic E-state index is 0.236. The van der Waals surface area contributed by atoms with Crippen LogP contribution in [-0.4, -0.2) is 193 Å². The van der Waals surface area contributed by atoms with E-state index in [1.807, 2.05) is 0 Å². The van der Waals surface area contributed by atoms with E-state index < -0.39 is 124 Å². The van der Waals surface area contributed by atoms with Crippen molar-refractivity contribution in [3.8, 4) is 0 Å². The lowest BCUT2D eigenvalue weighted by atomic mass is 9.96. The summed E-state index contributed by atoms with van der Waals surface area (Å²) >= 11 is 0. The first kappa shape index (κ1) is 104. The molecule has 3 rings (SSSR count). The van der Waals surface area contributed by atoms with Gasteiger partial charge in [0.05, 0.1) is 38.6 Å². The number of ether oxygens (including phenoxy) is 6. The number of amides is 1. The lowest BCUT2D eigenvalue weighted by molar-refractivity contribution is -0.379. The number of rotatable bonds is 76. The molecule has 0 aromatic heterocycles. The number of unbranched alkanes of at least 4 members (excludes halogenated alkanes) is 48. The Kier molecular flexibility index (Phi) is 67.6. The molecule has 3 aliphatic heterocycles. The average Bonchev–Trinajstić information content (AvgIpc) is 0.780. The van der Waals surface area contributed by atoms with E-state index >= 15 is 0 Å². The minimum atomic E-state index is -1.97. The molecule has 0 spiro atoms. The van der Waals surface area contributed by atoms with E-state index in [0.717, 1.165) is 83.5 Å². The zero-order valence-corrected chi connectivity index (χ0v) is 71.4. The first-order valence-electron chi connectivity index (χ1n) is 46.7. The predicted octanol–water partition coefficient (Wildman–Crippen LogP) is 18.3. The van der Waals surface area contributed by atoms with Crippen LogP contribution >= 0.6 is 0 Å². The summed E-state index contributed by atoms with van der Waals surface area (Å²) in [6.07, 6.45) is 71.6. The van der Waals surface area contributed by atoms with E-state index in [2.05, 4.69) is 92.1 Å². The van der Waals surface area contributed by atoms with Gasteiger partial charge < -0.3 is 89.9 Å². The third kappa shape index (κ3) is 51.5. The second-order valence-corrected chi connectivity index (χ2v) is 33.1. The van der Waals surface area contributed by atoms with Crippen molar-refractivity contribution in [1.82, 2.24) is 5.32 Å². The first-order valence-corrected chi connectivity index (χ1v) is 46.7. The normalized spacial score (nSPS) is 25.1. The highest BCUT2D eigenvalue weighted by Crippen LogP contribution is 2.34. The lowest BCUT2D eigenvalue weighted by Gasteiger charge is -2.48. The number of hydrogen-bond acceptors (Lipinski definition) is 18. The number of carbonyl (C=O) groups excluding carboxylic acids is 1. The Morgan fingerprint density at radius 2 is 0.611 bits per heavy atom. The first-order chi connectivity index (χ1) is 55.3. The van der Waals surface area contributed by atoms with Gasteiger partial charge in [-0.25, -0.2) is 0 Å². The van der Waals surface area contributed by atoms with E-state index in [1.54, 1.807) is 0 Å². The summed E-state index contributed by atoms with van der Waals surface area (Å²) in [6.45, 7) is 1.75. The summed E-state index contributed by atoms with van der Waals surface area (Å²) in [5.41, 5.74) is 0. The van der Waals surface area contributed by atoms with Crippen molar-refractivity contribution < 1.29 is 89.4 Å². The van der Waals surface area contributed by atoms with Crippen LogP contribution < -0.4 is 5.32 Å². The Morgan fingerprint density at radius 3 is 0.956 bits per heavy atom. The summed E-state index contributed by atoms with van der Waals surface area (Å²) in [7, 11) is 0. The summed E-state index contributed by atoms with van der Waals surface area (Å²) < 4.78 is 34.6. The Morgan fingerprint density at radius 1 is 0.327 bits per heavy atom. The summed E-state index contributed by atoms with van der Waals surface area (Å²) in [5.74, 6) is -0.236. The zero-order chi connectivity index (χ0) is 81.7. The van der Waals surface area contributed by atoms with Gasteiger partial charge in [0.1, 0.15) is 73.2 Å². The van der Waals surface area contributed by atoms with Gasteiger partial charge in [-0.2, -0.15) is 0 Å². The molecular formula is C94H171NO18. The molecule has 17 unspecified atom stereocenters. The molecule has 0 bridgehead atoms. The number of carbonyl (C=O) groups is 1. The maximum absolute atomic E-state index is 13.6. The molecule has 0 radical (unpaired) electrons. The van der Waals surface area contributed by atoms with Crippen molar-refractivity contribution in [3.63, 3.8) is 0 Å². The molecule has 3 aliphatic rings. The van der Waals surface area contributed by atoms with Crippen LogP contribution in [0.25, 0.3) is 0 Å². The lowest BCUT2D eigenvalue weighted by Crippen LogP contribution is -2.66. The van der Waals surface area contributed by atoms with Crippen LogP contribution in [0.15, 0.2) is 72.9 Å². The van der Waals surface area contributed by atoms with E-state index in [4.69, 9.17) is 28.4 Å². The molecule has 0 aromatic carbocycles. The highest BCUT2D eigenvalue weighted by Gasteiger charge is 2.54. The van der Waals surface area contributed by atoms with Gasteiger partial charge >= 0.3 is 0 Å². The quantitative estimate of drug-likeness (QED) is 0.0199. The Bertz CT molecular complexity index is 2320. The van der Waals surface area contributed by atoms with E-state index in [9.17, 15) is 61.0 Å². The molecule has 0 saturated carbocycles. The summed E-state index contributed by atoms with van der Waals surface area (Å²) in [5, 5.41) is 121.